The number of hydrogen-bond acceptors (Lipinski definition) is 5. The van der Waals surface area contributed by atoms with Gasteiger partial charge in [0.25, 0.3) is 5.91 Å². The van der Waals surface area contributed by atoms with Gasteiger partial charge in [0.05, 0.1) is 0 Å². The second-order valence-electron chi connectivity index (χ2n) is 13.1. The lowest BCUT2D eigenvalue weighted by atomic mass is 9.85. The number of urea groups is 1. The van der Waals surface area contributed by atoms with Crippen LogP contribution in [0, 0.1) is 28.6 Å². The molecule has 0 bridgehead atoms. The van der Waals surface area contributed by atoms with E-state index in [1.165, 1.54) is 0 Å². The van der Waals surface area contributed by atoms with Gasteiger partial charge < -0.3 is 26.6 Å². The van der Waals surface area contributed by atoms with E-state index in [9.17, 15) is 24.0 Å². The van der Waals surface area contributed by atoms with E-state index in [1.54, 1.807) is 4.90 Å². The summed E-state index contributed by atoms with van der Waals surface area (Å²) in [6.07, 6.45) is 1.46. The van der Waals surface area contributed by atoms with Gasteiger partial charge in [-0.25, -0.2) is 4.79 Å². The molecule has 1 heterocycles. The number of amides is 5. The second-order valence-corrected chi connectivity index (χ2v) is 13.1. The topological polar surface area (TPSA) is 151 Å². The summed E-state index contributed by atoms with van der Waals surface area (Å²) < 4.78 is 0. The number of likely N-dealkylation sites (tertiary alicyclic amines) is 1. The fourth-order valence-electron chi connectivity index (χ4n) is 5.35. The first-order valence-corrected chi connectivity index (χ1v) is 12.4. The van der Waals surface area contributed by atoms with E-state index < -0.39 is 52.7 Å². The SMILES string of the molecule is CC(C)(C)NC(=O)NC(C(=O)N1C[C@H]2[C@@H](C1C(=O)NC(C(=O)C(N)=O)C1CC1)C2(C)C)C(C)(C)C. The molecule has 3 rings (SSSR count). The number of carbonyl (C=O) groups excluding carboxylic acids is 5. The number of Topliss-reactive ketones (excluding diaryl/α,β-unsaturated/α-hetero) is 1. The third-order valence-corrected chi connectivity index (χ3v) is 7.55. The van der Waals surface area contributed by atoms with Crippen LogP contribution < -0.4 is 21.7 Å². The van der Waals surface area contributed by atoms with E-state index in [-0.39, 0.29) is 29.1 Å². The van der Waals surface area contributed by atoms with Crippen LogP contribution in [0.25, 0.3) is 0 Å². The summed E-state index contributed by atoms with van der Waals surface area (Å²) in [6.45, 7) is 15.6. The third kappa shape index (κ3) is 5.62. The molecule has 0 aromatic rings. The summed E-state index contributed by atoms with van der Waals surface area (Å²) in [5.41, 5.74) is 3.98. The number of primary amides is 1. The van der Waals surface area contributed by atoms with Crippen molar-refractivity contribution in [1.82, 2.24) is 20.9 Å². The summed E-state index contributed by atoms with van der Waals surface area (Å²) in [7, 11) is 0. The van der Waals surface area contributed by atoms with Gasteiger partial charge in [0.1, 0.15) is 18.1 Å². The Balaban J connectivity index is 1.84. The smallest absolute Gasteiger partial charge is 0.315 e. The molecule has 1 saturated heterocycles. The molecule has 3 aliphatic rings. The van der Waals surface area contributed by atoms with Crippen LogP contribution >= 0.6 is 0 Å². The number of rotatable bonds is 7. The Morgan fingerprint density at radius 3 is 2.00 bits per heavy atom. The maximum absolute atomic E-state index is 13.8. The number of piperidine rings is 1. The van der Waals surface area contributed by atoms with Crippen LogP contribution in [0.15, 0.2) is 0 Å². The lowest BCUT2D eigenvalue weighted by molar-refractivity contribution is -0.145. The number of fused-ring (bicyclic) bond motifs is 1. The number of ketones is 1. The highest BCUT2D eigenvalue weighted by molar-refractivity contribution is 6.38. The van der Waals surface area contributed by atoms with Crippen LogP contribution in [0.1, 0.15) is 68.2 Å². The first-order valence-electron chi connectivity index (χ1n) is 12.4. The van der Waals surface area contributed by atoms with Crippen molar-refractivity contribution in [2.24, 2.45) is 34.3 Å². The molecule has 196 valence electrons. The van der Waals surface area contributed by atoms with Crippen LogP contribution in [0.3, 0.4) is 0 Å². The van der Waals surface area contributed by atoms with Gasteiger partial charge in [-0.15, -0.1) is 0 Å². The molecular weight excluding hydrogens is 450 g/mol. The molecule has 3 fully saturated rings. The fraction of sp³-hybridized carbons (Fsp3) is 0.800. The number of hydrogen-bond donors (Lipinski definition) is 4. The van der Waals surface area contributed by atoms with Crippen molar-refractivity contribution in [3.8, 4) is 0 Å². The van der Waals surface area contributed by atoms with Crippen molar-refractivity contribution < 1.29 is 24.0 Å². The van der Waals surface area contributed by atoms with E-state index in [1.807, 2.05) is 41.5 Å². The van der Waals surface area contributed by atoms with Crippen LogP contribution in [-0.4, -0.2) is 64.6 Å². The lowest BCUT2D eigenvalue weighted by Crippen LogP contribution is -2.62. The number of nitrogens with two attached hydrogens (primary N) is 1. The van der Waals surface area contributed by atoms with E-state index in [0.29, 0.717) is 6.54 Å². The van der Waals surface area contributed by atoms with Crippen molar-refractivity contribution >= 4 is 29.5 Å². The van der Waals surface area contributed by atoms with Crippen molar-refractivity contribution in [2.45, 2.75) is 91.9 Å². The van der Waals surface area contributed by atoms with Crippen LogP contribution in [0.5, 0.6) is 0 Å². The van der Waals surface area contributed by atoms with Crippen molar-refractivity contribution in [2.75, 3.05) is 6.54 Å². The summed E-state index contributed by atoms with van der Waals surface area (Å²) in [5, 5.41) is 8.38. The molecular formula is C25H41N5O5. The second kappa shape index (κ2) is 8.78. The van der Waals surface area contributed by atoms with E-state index in [2.05, 4.69) is 29.8 Å². The van der Waals surface area contributed by atoms with E-state index in [0.717, 1.165) is 12.8 Å². The van der Waals surface area contributed by atoms with Gasteiger partial charge in [-0.3, -0.25) is 19.2 Å². The van der Waals surface area contributed by atoms with Crippen molar-refractivity contribution in [1.29, 1.82) is 0 Å². The molecule has 1 aliphatic heterocycles. The zero-order valence-electron chi connectivity index (χ0n) is 22.2. The van der Waals surface area contributed by atoms with Crippen molar-refractivity contribution in [3.05, 3.63) is 0 Å². The van der Waals surface area contributed by atoms with Crippen LogP contribution in [-0.2, 0) is 19.2 Å². The molecule has 10 heteroatoms. The molecule has 0 radical (unpaired) electrons. The van der Waals surface area contributed by atoms with Gasteiger partial charge in [-0.2, -0.15) is 0 Å². The molecule has 5 N–H and O–H groups in total. The van der Waals surface area contributed by atoms with Gasteiger partial charge in [0.15, 0.2) is 0 Å². The maximum Gasteiger partial charge on any atom is 0.315 e. The predicted molar refractivity (Wildman–Crippen MR) is 130 cm³/mol. The standard InChI is InChI=1S/C25H41N5O5/c1-23(2,3)18(28-22(35)29-24(4,5)6)21(34)30-11-13-14(25(13,7)8)16(30)20(33)27-15(12-9-10-12)17(31)19(26)32/h12-16,18H,9-11H2,1-8H3,(H2,26,32)(H,27,33)(H2,28,29,35)/t13-,14-,15?,16?,18?/m0/s1. The van der Waals surface area contributed by atoms with Gasteiger partial charge in [-0.05, 0) is 62.2 Å². The van der Waals surface area contributed by atoms with E-state index >= 15 is 0 Å². The molecule has 5 atom stereocenters. The lowest BCUT2D eigenvalue weighted by Gasteiger charge is -2.38. The van der Waals surface area contributed by atoms with Gasteiger partial charge in [-0.1, -0.05) is 34.6 Å². The molecule has 0 spiro atoms. The minimum absolute atomic E-state index is 0.0704. The molecule has 2 aliphatic carbocycles. The first kappa shape index (κ1) is 26.9. The van der Waals surface area contributed by atoms with Crippen LogP contribution in [0.2, 0.25) is 0 Å². The summed E-state index contributed by atoms with van der Waals surface area (Å²) >= 11 is 0. The fourth-order valence-corrected chi connectivity index (χ4v) is 5.35. The Morgan fingerprint density at radius 2 is 1.54 bits per heavy atom. The molecule has 5 amide bonds. The molecule has 0 aromatic carbocycles. The number of nitrogens with one attached hydrogen (secondary N) is 3. The minimum Gasteiger partial charge on any atom is -0.363 e. The van der Waals surface area contributed by atoms with Crippen molar-refractivity contribution in [3.63, 3.8) is 0 Å². The number of nitrogens with zero attached hydrogens (tertiary/aromatic N) is 1. The normalized spacial score (nSPS) is 26.7. The Hall–Kier alpha value is -2.65. The monoisotopic (exact) mass is 491 g/mol. The summed E-state index contributed by atoms with van der Waals surface area (Å²) in [5.74, 6) is -2.72. The Kier molecular flexibility index (Phi) is 6.76. The minimum atomic E-state index is -1.08. The van der Waals surface area contributed by atoms with Gasteiger partial charge >= 0.3 is 6.03 Å². The summed E-state index contributed by atoms with van der Waals surface area (Å²) in [6, 6.07) is -3.08. The Morgan fingerprint density at radius 1 is 0.971 bits per heavy atom. The van der Waals surface area contributed by atoms with Gasteiger partial charge in [0, 0.05) is 12.1 Å². The predicted octanol–water partition coefficient (Wildman–Crippen LogP) is 0.931. The molecule has 10 nitrogen and oxygen atoms in total. The highest BCUT2D eigenvalue weighted by Gasteiger charge is 2.70. The zero-order chi connectivity index (χ0) is 26.7. The quantitative estimate of drug-likeness (QED) is 0.391. The number of carbonyl (C=O) groups is 5. The molecule has 35 heavy (non-hydrogen) atoms. The highest BCUT2D eigenvalue weighted by atomic mass is 16.2. The molecule has 0 aromatic heterocycles. The van der Waals surface area contributed by atoms with Gasteiger partial charge in [0.2, 0.25) is 17.6 Å². The first-order chi connectivity index (χ1) is 15.9. The Labute approximate surface area is 207 Å². The maximum atomic E-state index is 13.8. The Bertz CT molecular complexity index is 928. The average Bonchev–Trinajstić information content (AvgIpc) is 3.55. The molecule has 2 saturated carbocycles. The third-order valence-electron chi connectivity index (χ3n) is 7.55. The van der Waals surface area contributed by atoms with Crippen LogP contribution in [0.4, 0.5) is 4.79 Å². The average molecular weight is 492 g/mol. The summed E-state index contributed by atoms with van der Waals surface area (Å²) in [4.78, 5) is 65.4. The molecule has 3 unspecified atom stereocenters. The zero-order valence-corrected chi connectivity index (χ0v) is 22.2. The van der Waals surface area contributed by atoms with E-state index in [4.69, 9.17) is 5.73 Å². The largest absolute Gasteiger partial charge is 0.363 e. The highest BCUT2D eigenvalue weighted by Crippen LogP contribution is 2.65.